The van der Waals surface area contributed by atoms with Crippen molar-refractivity contribution >= 4 is 11.8 Å². The summed E-state index contributed by atoms with van der Waals surface area (Å²) in [5.74, 6) is 1.52. The van der Waals surface area contributed by atoms with Crippen LogP contribution in [-0.4, -0.2) is 37.9 Å². The first-order valence-corrected chi connectivity index (χ1v) is 8.82. The highest BCUT2D eigenvalue weighted by atomic mass is 16.6. The molecular weight excluding hydrogens is 304 g/mol. The predicted molar refractivity (Wildman–Crippen MR) is 96.8 cm³/mol. The Morgan fingerprint density at radius 2 is 2.00 bits per heavy atom. The maximum atomic E-state index is 11.6. The average molecular weight is 334 g/mol. The maximum Gasteiger partial charge on any atom is 0.407 e. The van der Waals surface area contributed by atoms with Crippen molar-refractivity contribution in [1.29, 1.82) is 0 Å². The zero-order valence-corrected chi connectivity index (χ0v) is 15.3. The van der Waals surface area contributed by atoms with Crippen LogP contribution in [-0.2, 0) is 4.74 Å². The molecule has 1 heterocycles. The predicted octanol–water partition coefficient (Wildman–Crippen LogP) is 3.83. The number of amides is 1. The monoisotopic (exact) mass is 334 g/mol. The van der Waals surface area contributed by atoms with E-state index < -0.39 is 5.60 Å². The van der Waals surface area contributed by atoms with Gasteiger partial charge in [0, 0.05) is 25.3 Å². The summed E-state index contributed by atoms with van der Waals surface area (Å²) < 4.78 is 10.7. The lowest BCUT2D eigenvalue weighted by molar-refractivity contribution is 0.0525. The number of nitrogens with zero attached hydrogens (tertiary/aromatic N) is 1. The fraction of sp³-hybridized carbons (Fsp3) is 0.632. The average Bonchev–Trinajstić information content (AvgIpc) is 2.95. The minimum atomic E-state index is -0.443. The molecule has 1 aliphatic rings. The van der Waals surface area contributed by atoms with Crippen LogP contribution < -0.4 is 15.0 Å². The SMILES string of the molecule is CCOc1ccc(N2CCC(CCNC(=O)OC(C)(C)C)C2)cc1. The van der Waals surface area contributed by atoms with Gasteiger partial charge in [-0.3, -0.25) is 0 Å². The zero-order valence-electron chi connectivity index (χ0n) is 15.3. The van der Waals surface area contributed by atoms with Gasteiger partial charge in [0.1, 0.15) is 11.4 Å². The topological polar surface area (TPSA) is 50.8 Å². The Morgan fingerprint density at radius 3 is 2.62 bits per heavy atom. The molecule has 2 rings (SSSR count). The minimum absolute atomic E-state index is 0.330. The molecular formula is C19H30N2O3. The molecule has 1 atom stereocenters. The minimum Gasteiger partial charge on any atom is -0.494 e. The van der Waals surface area contributed by atoms with Gasteiger partial charge in [0.2, 0.25) is 0 Å². The Kier molecular flexibility index (Phi) is 6.35. The molecule has 1 aromatic rings. The largest absolute Gasteiger partial charge is 0.494 e. The Hall–Kier alpha value is -1.91. The van der Waals surface area contributed by atoms with Crippen LogP contribution in [0.15, 0.2) is 24.3 Å². The van der Waals surface area contributed by atoms with E-state index in [0.717, 1.165) is 31.7 Å². The van der Waals surface area contributed by atoms with Gasteiger partial charge in [0.15, 0.2) is 0 Å². The van der Waals surface area contributed by atoms with Crippen LogP contribution in [0, 0.1) is 5.92 Å². The molecule has 0 aromatic heterocycles. The summed E-state index contributed by atoms with van der Waals surface area (Å²) in [7, 11) is 0. The van der Waals surface area contributed by atoms with Crippen LogP contribution >= 0.6 is 0 Å². The molecule has 0 radical (unpaired) electrons. The van der Waals surface area contributed by atoms with Crippen molar-refractivity contribution in [1.82, 2.24) is 5.32 Å². The third-order valence-electron chi connectivity index (χ3n) is 4.02. The Bertz CT molecular complexity index is 522. The molecule has 1 fully saturated rings. The third kappa shape index (κ3) is 5.95. The summed E-state index contributed by atoms with van der Waals surface area (Å²) in [4.78, 5) is 14.0. The molecule has 24 heavy (non-hydrogen) atoms. The summed E-state index contributed by atoms with van der Waals surface area (Å²) in [6.45, 7) is 11.1. The van der Waals surface area contributed by atoms with E-state index >= 15 is 0 Å². The number of ether oxygens (including phenoxy) is 2. The molecule has 0 aliphatic carbocycles. The molecule has 5 nitrogen and oxygen atoms in total. The second-order valence-corrected chi connectivity index (χ2v) is 7.24. The summed E-state index contributed by atoms with van der Waals surface area (Å²) in [5, 5.41) is 2.85. The molecule has 1 aliphatic heterocycles. The van der Waals surface area contributed by atoms with Crippen molar-refractivity contribution in [3.8, 4) is 5.75 Å². The second kappa shape index (κ2) is 8.27. The normalized spacial score (nSPS) is 17.7. The third-order valence-corrected chi connectivity index (χ3v) is 4.02. The summed E-state index contributed by atoms with van der Waals surface area (Å²) >= 11 is 0. The molecule has 1 N–H and O–H groups in total. The number of carbonyl (C=O) groups is 1. The van der Waals surface area contributed by atoms with Crippen molar-refractivity contribution in [2.24, 2.45) is 5.92 Å². The first kappa shape index (κ1) is 18.4. The fourth-order valence-corrected chi connectivity index (χ4v) is 2.92. The molecule has 1 aromatic carbocycles. The van der Waals surface area contributed by atoms with Gasteiger partial charge in [-0.2, -0.15) is 0 Å². The van der Waals surface area contributed by atoms with Gasteiger partial charge >= 0.3 is 6.09 Å². The lowest BCUT2D eigenvalue weighted by Crippen LogP contribution is -2.33. The van der Waals surface area contributed by atoms with E-state index in [9.17, 15) is 4.79 Å². The first-order valence-electron chi connectivity index (χ1n) is 8.82. The summed E-state index contributed by atoms with van der Waals surface area (Å²) in [6, 6.07) is 8.28. The van der Waals surface area contributed by atoms with E-state index in [2.05, 4.69) is 22.3 Å². The van der Waals surface area contributed by atoms with Crippen LogP contribution in [0.1, 0.15) is 40.5 Å². The highest BCUT2D eigenvalue weighted by Crippen LogP contribution is 2.27. The molecule has 134 valence electrons. The van der Waals surface area contributed by atoms with Crippen LogP contribution in [0.2, 0.25) is 0 Å². The van der Waals surface area contributed by atoms with Crippen molar-refractivity contribution in [2.75, 3.05) is 31.1 Å². The van der Waals surface area contributed by atoms with E-state index in [0.29, 0.717) is 19.1 Å². The Morgan fingerprint density at radius 1 is 1.29 bits per heavy atom. The summed E-state index contributed by atoms with van der Waals surface area (Å²) in [6.07, 6.45) is 1.81. The van der Waals surface area contributed by atoms with Crippen molar-refractivity contribution in [2.45, 2.75) is 46.1 Å². The molecule has 0 saturated carbocycles. The number of alkyl carbamates (subject to hydrolysis) is 1. The van der Waals surface area contributed by atoms with Crippen LogP contribution in [0.5, 0.6) is 5.75 Å². The van der Waals surface area contributed by atoms with Gasteiger partial charge in [-0.15, -0.1) is 0 Å². The van der Waals surface area contributed by atoms with E-state index in [1.165, 1.54) is 5.69 Å². The number of hydrogen-bond donors (Lipinski definition) is 1. The van der Waals surface area contributed by atoms with Gasteiger partial charge in [0.25, 0.3) is 0 Å². The number of nitrogens with one attached hydrogen (secondary N) is 1. The Balaban J connectivity index is 1.72. The number of carbonyl (C=O) groups excluding carboxylic acids is 1. The molecule has 0 spiro atoms. The highest BCUT2D eigenvalue weighted by Gasteiger charge is 2.23. The van der Waals surface area contributed by atoms with Gasteiger partial charge < -0.3 is 19.7 Å². The highest BCUT2D eigenvalue weighted by molar-refractivity contribution is 5.67. The summed E-state index contributed by atoms with van der Waals surface area (Å²) in [5.41, 5.74) is 0.795. The molecule has 1 unspecified atom stereocenters. The molecule has 5 heteroatoms. The second-order valence-electron chi connectivity index (χ2n) is 7.24. The van der Waals surface area contributed by atoms with Crippen LogP contribution in [0.25, 0.3) is 0 Å². The van der Waals surface area contributed by atoms with Gasteiger partial charge in [0.05, 0.1) is 6.61 Å². The molecule has 1 amide bonds. The van der Waals surface area contributed by atoms with E-state index in [1.54, 1.807) is 0 Å². The van der Waals surface area contributed by atoms with Crippen molar-refractivity contribution < 1.29 is 14.3 Å². The fourth-order valence-electron chi connectivity index (χ4n) is 2.92. The van der Waals surface area contributed by atoms with Crippen molar-refractivity contribution in [3.05, 3.63) is 24.3 Å². The van der Waals surface area contributed by atoms with Crippen molar-refractivity contribution in [3.63, 3.8) is 0 Å². The van der Waals surface area contributed by atoms with Crippen LogP contribution in [0.3, 0.4) is 0 Å². The smallest absolute Gasteiger partial charge is 0.407 e. The van der Waals surface area contributed by atoms with E-state index in [-0.39, 0.29) is 6.09 Å². The molecule has 0 bridgehead atoms. The van der Waals surface area contributed by atoms with Gasteiger partial charge in [-0.1, -0.05) is 0 Å². The lowest BCUT2D eigenvalue weighted by atomic mass is 10.1. The number of anilines is 1. The quantitative estimate of drug-likeness (QED) is 0.859. The van der Waals surface area contributed by atoms with Gasteiger partial charge in [-0.25, -0.2) is 4.79 Å². The zero-order chi connectivity index (χ0) is 17.6. The van der Waals surface area contributed by atoms with E-state index in [4.69, 9.17) is 9.47 Å². The standard InChI is InChI=1S/C19H30N2O3/c1-5-23-17-8-6-16(7-9-17)21-13-11-15(14-21)10-12-20-18(22)24-19(2,3)4/h6-9,15H,5,10-14H2,1-4H3,(H,20,22). The molecule has 1 saturated heterocycles. The van der Waals surface area contributed by atoms with Gasteiger partial charge in [-0.05, 0) is 70.7 Å². The lowest BCUT2D eigenvalue weighted by Gasteiger charge is -2.20. The Labute approximate surface area is 145 Å². The number of rotatable bonds is 6. The number of hydrogen-bond acceptors (Lipinski definition) is 4. The number of benzene rings is 1. The van der Waals surface area contributed by atoms with Crippen LogP contribution in [0.4, 0.5) is 10.5 Å². The van der Waals surface area contributed by atoms with E-state index in [1.807, 2.05) is 39.8 Å². The first-order chi connectivity index (χ1) is 11.4. The maximum absolute atomic E-state index is 11.6.